The molecule has 204 valence electrons. The van der Waals surface area contributed by atoms with Gasteiger partial charge in [-0.2, -0.15) is 0 Å². The fourth-order valence-corrected chi connectivity index (χ4v) is 5.11. The molecule has 0 unspecified atom stereocenters. The number of nitrogens with zero attached hydrogens (tertiary/aromatic N) is 2. The first-order chi connectivity index (χ1) is 18.9. The van der Waals surface area contributed by atoms with Crippen LogP contribution >= 0.6 is 0 Å². The third-order valence-corrected chi connectivity index (χ3v) is 7.30. The van der Waals surface area contributed by atoms with Crippen molar-refractivity contribution in [2.24, 2.45) is 5.92 Å². The van der Waals surface area contributed by atoms with Crippen molar-refractivity contribution in [3.8, 4) is 16.9 Å². The zero-order valence-electron chi connectivity index (χ0n) is 23.4. The quantitative estimate of drug-likeness (QED) is 0.229. The van der Waals surface area contributed by atoms with Crippen molar-refractivity contribution >= 4 is 29.3 Å². The smallest absolute Gasteiger partial charge is 0.330 e. The third kappa shape index (κ3) is 7.08. The number of carbonyl (C=O) groups is 2. The van der Waals surface area contributed by atoms with E-state index >= 15 is 0 Å². The summed E-state index contributed by atoms with van der Waals surface area (Å²) >= 11 is 0. The van der Waals surface area contributed by atoms with Gasteiger partial charge in [0.15, 0.2) is 0 Å². The van der Waals surface area contributed by atoms with Crippen LogP contribution in [0.5, 0.6) is 5.75 Å². The van der Waals surface area contributed by atoms with E-state index in [0.29, 0.717) is 6.54 Å². The average molecular weight is 527 g/mol. The molecule has 0 atom stereocenters. The Labute approximate surface area is 231 Å². The van der Waals surface area contributed by atoms with Gasteiger partial charge in [0.25, 0.3) is 0 Å². The molecule has 1 fully saturated rings. The molecule has 3 aromatic rings. The number of methoxy groups -OCH3 is 2. The predicted molar refractivity (Wildman–Crippen MR) is 158 cm³/mol. The molecule has 0 N–H and O–H groups in total. The largest absolute Gasteiger partial charge is 0.495 e. The van der Waals surface area contributed by atoms with E-state index in [1.807, 2.05) is 48.2 Å². The van der Waals surface area contributed by atoms with Gasteiger partial charge < -0.3 is 19.3 Å². The zero-order valence-corrected chi connectivity index (χ0v) is 23.4. The fourth-order valence-electron chi connectivity index (χ4n) is 5.11. The highest BCUT2D eigenvalue weighted by Gasteiger charge is 2.27. The molecule has 6 heteroatoms. The van der Waals surface area contributed by atoms with Crippen LogP contribution in [0.4, 0.5) is 11.4 Å². The molecule has 1 aliphatic carbocycles. The van der Waals surface area contributed by atoms with Crippen molar-refractivity contribution in [3.63, 3.8) is 0 Å². The number of hydrogen-bond acceptors (Lipinski definition) is 5. The van der Waals surface area contributed by atoms with Crippen LogP contribution in [0.1, 0.15) is 43.2 Å². The van der Waals surface area contributed by atoms with Crippen molar-refractivity contribution in [2.75, 3.05) is 38.1 Å². The lowest BCUT2D eigenvalue weighted by molar-refractivity contribution is -0.134. The number of rotatable bonds is 9. The van der Waals surface area contributed by atoms with Gasteiger partial charge in [-0.15, -0.1) is 0 Å². The SMILES string of the molecule is COC(=O)/C=C/c1cccc(N(Cc2ccc(-c3ccc(N(C)C)c(OC)c3)cc2)C(=O)C2CCCCC2)c1. The normalized spacial score (nSPS) is 13.7. The Balaban J connectivity index is 1.60. The van der Waals surface area contributed by atoms with E-state index in [1.54, 1.807) is 13.2 Å². The van der Waals surface area contributed by atoms with Gasteiger partial charge in [0.05, 0.1) is 26.5 Å². The highest BCUT2D eigenvalue weighted by molar-refractivity contribution is 5.95. The van der Waals surface area contributed by atoms with Crippen LogP contribution in [0.2, 0.25) is 0 Å². The summed E-state index contributed by atoms with van der Waals surface area (Å²) in [4.78, 5) is 29.3. The Bertz CT molecular complexity index is 1310. The van der Waals surface area contributed by atoms with Gasteiger partial charge in [0.2, 0.25) is 5.91 Å². The second-order valence-electron chi connectivity index (χ2n) is 10.2. The van der Waals surface area contributed by atoms with Gasteiger partial charge in [-0.3, -0.25) is 4.79 Å². The molecule has 1 aliphatic rings. The number of hydrogen-bond donors (Lipinski definition) is 0. The summed E-state index contributed by atoms with van der Waals surface area (Å²) in [7, 11) is 7.04. The maximum atomic E-state index is 13.8. The first-order valence-corrected chi connectivity index (χ1v) is 13.5. The lowest BCUT2D eigenvalue weighted by Crippen LogP contribution is -2.36. The summed E-state index contributed by atoms with van der Waals surface area (Å²) in [5, 5.41) is 0. The van der Waals surface area contributed by atoms with E-state index in [-0.39, 0.29) is 11.8 Å². The van der Waals surface area contributed by atoms with Crippen molar-refractivity contribution in [1.29, 1.82) is 0 Å². The molecule has 3 aromatic carbocycles. The highest BCUT2D eigenvalue weighted by Crippen LogP contribution is 2.33. The molecule has 0 radical (unpaired) electrons. The summed E-state index contributed by atoms with van der Waals surface area (Å²) in [5.41, 5.74) is 5.90. The van der Waals surface area contributed by atoms with E-state index in [2.05, 4.69) is 42.5 Å². The molecule has 6 nitrogen and oxygen atoms in total. The molecule has 0 heterocycles. The summed E-state index contributed by atoms with van der Waals surface area (Å²) in [5.74, 6) is 0.614. The fraction of sp³-hybridized carbons (Fsp3) is 0.333. The van der Waals surface area contributed by atoms with Gasteiger partial charge in [0.1, 0.15) is 5.75 Å². The molecule has 0 bridgehead atoms. The number of carbonyl (C=O) groups excluding carboxylic acids is 2. The summed E-state index contributed by atoms with van der Waals surface area (Å²) in [6, 6.07) is 22.3. The van der Waals surface area contributed by atoms with Crippen LogP contribution < -0.4 is 14.5 Å². The third-order valence-electron chi connectivity index (χ3n) is 7.30. The van der Waals surface area contributed by atoms with Crippen LogP contribution in [0, 0.1) is 5.92 Å². The Morgan fingerprint density at radius 2 is 1.62 bits per heavy atom. The van der Waals surface area contributed by atoms with Crippen molar-refractivity contribution in [2.45, 2.75) is 38.6 Å². The maximum Gasteiger partial charge on any atom is 0.330 e. The minimum Gasteiger partial charge on any atom is -0.495 e. The van der Waals surface area contributed by atoms with Gasteiger partial charge in [0, 0.05) is 31.8 Å². The highest BCUT2D eigenvalue weighted by atomic mass is 16.5. The second-order valence-corrected chi connectivity index (χ2v) is 10.2. The molecule has 0 saturated heterocycles. The summed E-state index contributed by atoms with van der Waals surface area (Å²) in [6.45, 7) is 0.475. The minimum atomic E-state index is -0.412. The van der Waals surface area contributed by atoms with Gasteiger partial charge in [-0.25, -0.2) is 4.79 Å². The molecule has 0 aliphatic heterocycles. The minimum absolute atomic E-state index is 0.0370. The predicted octanol–water partition coefficient (Wildman–Crippen LogP) is 6.73. The lowest BCUT2D eigenvalue weighted by Gasteiger charge is -2.30. The van der Waals surface area contributed by atoms with Crippen LogP contribution in [-0.4, -0.2) is 40.2 Å². The van der Waals surface area contributed by atoms with Crippen LogP contribution in [0.25, 0.3) is 17.2 Å². The number of esters is 1. The van der Waals surface area contributed by atoms with E-state index in [9.17, 15) is 9.59 Å². The second kappa shape index (κ2) is 13.1. The molecule has 4 rings (SSSR count). The van der Waals surface area contributed by atoms with E-state index in [0.717, 1.165) is 65.1 Å². The Morgan fingerprint density at radius 3 is 2.28 bits per heavy atom. The molecule has 1 amide bonds. The van der Waals surface area contributed by atoms with E-state index < -0.39 is 5.97 Å². The van der Waals surface area contributed by atoms with Gasteiger partial charge in [-0.1, -0.05) is 61.7 Å². The van der Waals surface area contributed by atoms with Crippen LogP contribution in [-0.2, 0) is 20.9 Å². The first-order valence-electron chi connectivity index (χ1n) is 13.5. The van der Waals surface area contributed by atoms with Crippen molar-refractivity contribution in [1.82, 2.24) is 0 Å². The number of benzene rings is 3. The zero-order chi connectivity index (χ0) is 27.8. The van der Waals surface area contributed by atoms with Gasteiger partial charge in [-0.05, 0) is 65.4 Å². The molecular formula is C33H38N2O4. The van der Waals surface area contributed by atoms with E-state index in [4.69, 9.17) is 9.47 Å². The molecular weight excluding hydrogens is 488 g/mol. The standard InChI is InChI=1S/C33H38N2O4/c1-34(2)30-19-18-28(22-31(30)38-3)26-16-13-25(14-17-26)23-35(33(37)27-10-6-5-7-11-27)29-12-8-9-24(21-29)15-20-32(36)39-4/h8-9,12-22,27H,5-7,10-11,23H2,1-4H3/b20-15+. The average Bonchev–Trinajstić information content (AvgIpc) is 2.98. The number of anilines is 2. The van der Waals surface area contributed by atoms with Crippen molar-refractivity contribution in [3.05, 3.63) is 83.9 Å². The first kappa shape index (κ1) is 28.0. The van der Waals surface area contributed by atoms with Crippen LogP contribution in [0.3, 0.4) is 0 Å². The Kier molecular flexibility index (Phi) is 9.42. The number of ether oxygens (including phenoxy) is 2. The van der Waals surface area contributed by atoms with Crippen LogP contribution in [0.15, 0.2) is 72.8 Å². The Morgan fingerprint density at radius 1 is 0.897 bits per heavy atom. The monoisotopic (exact) mass is 526 g/mol. The maximum absolute atomic E-state index is 13.8. The van der Waals surface area contributed by atoms with Gasteiger partial charge >= 0.3 is 5.97 Å². The van der Waals surface area contributed by atoms with E-state index in [1.165, 1.54) is 19.6 Å². The molecule has 39 heavy (non-hydrogen) atoms. The lowest BCUT2D eigenvalue weighted by atomic mass is 9.88. The summed E-state index contributed by atoms with van der Waals surface area (Å²) in [6.07, 6.45) is 8.35. The summed E-state index contributed by atoms with van der Waals surface area (Å²) < 4.78 is 10.3. The number of amides is 1. The van der Waals surface area contributed by atoms with Crippen molar-refractivity contribution < 1.29 is 19.1 Å². The molecule has 0 spiro atoms. The molecule has 1 saturated carbocycles. The molecule has 0 aromatic heterocycles. The topological polar surface area (TPSA) is 59.1 Å². The Hall–Kier alpha value is -4.06.